The maximum Gasteiger partial charge on any atom is 0.327 e. The quantitative estimate of drug-likeness (QED) is 0.545. The Morgan fingerprint density at radius 2 is 1.94 bits per heavy atom. The predicted octanol–water partition coefficient (Wildman–Crippen LogP) is 2.72. The van der Waals surface area contributed by atoms with E-state index in [2.05, 4.69) is 10.3 Å². The van der Waals surface area contributed by atoms with Crippen molar-refractivity contribution >= 4 is 28.7 Å². The first-order chi connectivity index (χ1) is 15.0. The van der Waals surface area contributed by atoms with Crippen LogP contribution in [-0.4, -0.2) is 64.9 Å². The van der Waals surface area contributed by atoms with Crippen LogP contribution in [0.25, 0.3) is 10.9 Å². The van der Waals surface area contributed by atoms with Gasteiger partial charge in [0.05, 0.1) is 6.61 Å². The van der Waals surface area contributed by atoms with Crippen LogP contribution < -0.4 is 10.1 Å². The van der Waals surface area contributed by atoms with Gasteiger partial charge in [-0.2, -0.15) is 0 Å². The number of hydrogen-bond acceptors (Lipinski definition) is 5. The molecule has 2 fully saturated rings. The molecule has 1 saturated carbocycles. The first kappa shape index (κ1) is 21.1. The normalized spacial score (nSPS) is 18.1. The Kier molecular flexibility index (Phi) is 6.06. The van der Waals surface area contributed by atoms with Gasteiger partial charge in [-0.15, -0.1) is 0 Å². The number of nitrogens with one attached hydrogen (secondary N) is 1. The fourth-order valence-corrected chi connectivity index (χ4v) is 4.55. The second kappa shape index (κ2) is 8.91. The van der Waals surface area contributed by atoms with Gasteiger partial charge in [-0.1, -0.05) is 37.5 Å². The fraction of sp³-hybridized carbons (Fsp3) is 0.478. The number of carbonyl (C=O) groups is 3. The van der Waals surface area contributed by atoms with E-state index in [1.807, 2.05) is 30.3 Å². The van der Waals surface area contributed by atoms with Crippen molar-refractivity contribution in [3.63, 3.8) is 0 Å². The molecule has 2 aliphatic rings. The lowest BCUT2D eigenvalue weighted by atomic mass is 9.81. The third-order valence-corrected chi connectivity index (χ3v) is 6.28. The molecule has 1 aliphatic carbocycles. The van der Waals surface area contributed by atoms with E-state index in [9.17, 15) is 14.4 Å². The van der Waals surface area contributed by atoms with Crippen molar-refractivity contribution < 1.29 is 19.1 Å². The van der Waals surface area contributed by atoms with Crippen LogP contribution in [0.1, 0.15) is 38.5 Å². The van der Waals surface area contributed by atoms with E-state index in [1.165, 1.54) is 4.90 Å². The summed E-state index contributed by atoms with van der Waals surface area (Å²) in [4.78, 5) is 44.9. The van der Waals surface area contributed by atoms with Gasteiger partial charge in [-0.05, 0) is 31.4 Å². The van der Waals surface area contributed by atoms with E-state index in [1.54, 1.807) is 13.2 Å². The SMILES string of the molecule is CN1C(=O)N(CC(=O)NCCCOc2cccc3cccnc23)C(=O)C12CCCCC2. The largest absolute Gasteiger partial charge is 0.491 e. The topological polar surface area (TPSA) is 91.8 Å². The molecule has 1 aromatic heterocycles. The van der Waals surface area contributed by atoms with Crippen molar-refractivity contribution in [2.24, 2.45) is 0 Å². The summed E-state index contributed by atoms with van der Waals surface area (Å²) in [5.74, 6) is 0.134. The second-order valence-corrected chi connectivity index (χ2v) is 8.21. The highest BCUT2D eigenvalue weighted by molar-refractivity contribution is 6.08. The Bertz CT molecular complexity index is 981. The molecule has 0 radical (unpaired) electrons. The molecule has 0 atom stereocenters. The van der Waals surface area contributed by atoms with Gasteiger partial charge in [0, 0.05) is 25.2 Å². The number of pyridine rings is 1. The van der Waals surface area contributed by atoms with Crippen molar-refractivity contribution in [3.05, 3.63) is 36.5 Å². The zero-order valence-corrected chi connectivity index (χ0v) is 17.8. The number of benzene rings is 1. The molecule has 1 saturated heterocycles. The molecule has 8 nitrogen and oxygen atoms in total. The minimum Gasteiger partial charge on any atom is -0.491 e. The Labute approximate surface area is 181 Å². The van der Waals surface area contributed by atoms with E-state index in [-0.39, 0.29) is 24.4 Å². The predicted molar refractivity (Wildman–Crippen MR) is 116 cm³/mol. The van der Waals surface area contributed by atoms with E-state index in [0.717, 1.165) is 35.1 Å². The van der Waals surface area contributed by atoms with Gasteiger partial charge in [-0.25, -0.2) is 4.79 Å². The molecule has 1 N–H and O–H groups in total. The van der Waals surface area contributed by atoms with Crippen molar-refractivity contribution in [1.29, 1.82) is 0 Å². The second-order valence-electron chi connectivity index (χ2n) is 8.21. The Balaban J connectivity index is 1.24. The smallest absolute Gasteiger partial charge is 0.327 e. The zero-order valence-electron chi connectivity index (χ0n) is 17.8. The molecular formula is C23H28N4O4. The maximum absolute atomic E-state index is 12.9. The lowest BCUT2D eigenvalue weighted by Crippen LogP contribution is -2.49. The minimum absolute atomic E-state index is 0.235. The third-order valence-electron chi connectivity index (χ3n) is 6.28. The minimum atomic E-state index is -0.754. The van der Waals surface area contributed by atoms with Crippen LogP contribution in [0.15, 0.2) is 36.5 Å². The highest BCUT2D eigenvalue weighted by Gasteiger charge is 2.55. The van der Waals surface area contributed by atoms with Crippen molar-refractivity contribution in [2.45, 2.75) is 44.1 Å². The van der Waals surface area contributed by atoms with Crippen LogP contribution in [0.4, 0.5) is 4.79 Å². The molecule has 2 heterocycles. The first-order valence-electron chi connectivity index (χ1n) is 10.9. The summed E-state index contributed by atoms with van der Waals surface area (Å²) in [5, 5.41) is 3.79. The number of ether oxygens (including phenoxy) is 1. The van der Waals surface area contributed by atoms with Crippen molar-refractivity contribution in [1.82, 2.24) is 20.1 Å². The summed E-state index contributed by atoms with van der Waals surface area (Å²) in [6.45, 7) is 0.579. The molecule has 4 rings (SSSR count). The average molecular weight is 425 g/mol. The average Bonchev–Trinajstić information content (AvgIpc) is 2.96. The summed E-state index contributed by atoms with van der Waals surface area (Å²) in [6, 6.07) is 9.24. The monoisotopic (exact) mass is 424 g/mol. The number of rotatable bonds is 7. The van der Waals surface area contributed by atoms with Crippen LogP contribution in [0, 0.1) is 0 Å². The van der Waals surface area contributed by atoms with Crippen molar-refractivity contribution in [2.75, 3.05) is 26.7 Å². The lowest BCUT2D eigenvalue weighted by Gasteiger charge is -2.35. The molecule has 1 spiro atoms. The van der Waals surface area contributed by atoms with Gasteiger partial charge < -0.3 is 15.0 Å². The molecule has 1 aromatic carbocycles. The number of fused-ring (bicyclic) bond motifs is 1. The third kappa shape index (κ3) is 4.06. The molecule has 164 valence electrons. The van der Waals surface area contributed by atoms with Gasteiger partial charge in [-0.3, -0.25) is 19.5 Å². The van der Waals surface area contributed by atoms with E-state index >= 15 is 0 Å². The van der Waals surface area contributed by atoms with Crippen LogP contribution in [-0.2, 0) is 9.59 Å². The number of aromatic nitrogens is 1. The molecule has 31 heavy (non-hydrogen) atoms. The molecule has 2 aromatic rings. The molecule has 0 unspecified atom stereocenters. The van der Waals surface area contributed by atoms with Crippen LogP contribution in [0.5, 0.6) is 5.75 Å². The Morgan fingerprint density at radius 3 is 2.74 bits per heavy atom. The summed E-state index contributed by atoms with van der Waals surface area (Å²) in [5.41, 5.74) is 0.0523. The van der Waals surface area contributed by atoms with Gasteiger partial charge in [0.15, 0.2) is 0 Å². The number of hydrogen-bond donors (Lipinski definition) is 1. The number of para-hydroxylation sites is 1. The Hall–Kier alpha value is -3.16. The lowest BCUT2D eigenvalue weighted by molar-refractivity contribution is -0.137. The molecule has 4 amide bonds. The number of amides is 4. The number of imide groups is 1. The van der Waals surface area contributed by atoms with Crippen LogP contribution in [0.3, 0.4) is 0 Å². The van der Waals surface area contributed by atoms with Crippen LogP contribution in [0.2, 0.25) is 0 Å². The Morgan fingerprint density at radius 1 is 1.16 bits per heavy atom. The zero-order chi connectivity index (χ0) is 21.8. The van der Waals surface area contributed by atoms with Gasteiger partial charge in [0.1, 0.15) is 23.3 Å². The maximum atomic E-state index is 12.9. The van der Waals surface area contributed by atoms with Crippen LogP contribution >= 0.6 is 0 Å². The summed E-state index contributed by atoms with van der Waals surface area (Å²) >= 11 is 0. The summed E-state index contributed by atoms with van der Waals surface area (Å²) in [6.07, 6.45) is 6.60. The fourth-order valence-electron chi connectivity index (χ4n) is 4.55. The highest BCUT2D eigenvalue weighted by Crippen LogP contribution is 2.39. The number of likely N-dealkylation sites (N-methyl/N-ethyl adjacent to an activating group) is 1. The standard InChI is InChI=1S/C23H28N4O4/c1-26-22(30)27(21(29)23(26)11-3-2-4-12-23)16-19(28)24-14-7-15-31-18-10-5-8-17-9-6-13-25-20(17)18/h5-6,8-10,13H,2-4,7,11-12,14-16H2,1H3,(H,24,28). The molecule has 8 heteroatoms. The van der Waals surface area contributed by atoms with E-state index < -0.39 is 5.54 Å². The van der Waals surface area contributed by atoms with Gasteiger partial charge in [0.2, 0.25) is 5.91 Å². The number of carbonyl (C=O) groups excluding carboxylic acids is 3. The van der Waals surface area contributed by atoms with E-state index in [4.69, 9.17) is 4.74 Å². The van der Waals surface area contributed by atoms with Gasteiger partial charge >= 0.3 is 6.03 Å². The first-order valence-corrected chi connectivity index (χ1v) is 10.9. The number of urea groups is 1. The number of nitrogens with zero attached hydrogens (tertiary/aromatic N) is 3. The van der Waals surface area contributed by atoms with Crippen molar-refractivity contribution in [3.8, 4) is 5.75 Å². The molecular weight excluding hydrogens is 396 g/mol. The molecule has 1 aliphatic heterocycles. The van der Waals surface area contributed by atoms with E-state index in [0.29, 0.717) is 38.2 Å². The highest BCUT2D eigenvalue weighted by atomic mass is 16.5. The summed E-state index contributed by atoms with van der Waals surface area (Å²) in [7, 11) is 1.67. The van der Waals surface area contributed by atoms with Gasteiger partial charge in [0.25, 0.3) is 5.91 Å². The molecule has 0 bridgehead atoms. The summed E-state index contributed by atoms with van der Waals surface area (Å²) < 4.78 is 5.82.